The van der Waals surface area contributed by atoms with Crippen molar-refractivity contribution in [3.05, 3.63) is 102 Å². The van der Waals surface area contributed by atoms with Gasteiger partial charge in [-0.3, -0.25) is 9.48 Å². The molecule has 4 aromatic rings. The summed E-state index contributed by atoms with van der Waals surface area (Å²) in [6.45, 7) is 3.11. The van der Waals surface area contributed by atoms with Crippen LogP contribution in [0.15, 0.2) is 85.3 Å². The highest BCUT2D eigenvalue weighted by Gasteiger charge is 2.20. The minimum atomic E-state index is -0.0885. The van der Waals surface area contributed by atoms with Crippen molar-refractivity contribution in [1.29, 1.82) is 0 Å². The normalized spacial score (nSPS) is 13.3. The smallest absolute Gasteiger partial charge is 0.255 e. The van der Waals surface area contributed by atoms with Crippen LogP contribution in [0.1, 0.15) is 34.3 Å². The van der Waals surface area contributed by atoms with E-state index >= 15 is 0 Å². The van der Waals surface area contributed by atoms with Crippen LogP contribution >= 0.6 is 0 Å². The number of aromatic nitrogens is 3. The van der Waals surface area contributed by atoms with Crippen molar-refractivity contribution in [3.63, 3.8) is 0 Å². The number of benzene rings is 2. The van der Waals surface area contributed by atoms with Crippen LogP contribution in [0.5, 0.6) is 0 Å². The minimum absolute atomic E-state index is 0.0885. The Balaban J connectivity index is 1.30. The molecule has 5 rings (SSSR count). The summed E-state index contributed by atoms with van der Waals surface area (Å²) in [7, 11) is 0. The summed E-state index contributed by atoms with van der Waals surface area (Å²) in [6.07, 6.45) is 7.80. The fourth-order valence-corrected chi connectivity index (χ4v) is 4.35. The molecule has 0 atom stereocenters. The van der Waals surface area contributed by atoms with Gasteiger partial charge in [0.1, 0.15) is 5.82 Å². The van der Waals surface area contributed by atoms with E-state index in [-0.39, 0.29) is 5.91 Å². The molecular weight excluding hydrogens is 410 g/mol. The second-order valence-corrected chi connectivity index (χ2v) is 8.31. The number of nitrogens with one attached hydrogen (secondary N) is 1. The molecule has 2 aromatic heterocycles. The molecule has 166 valence electrons. The van der Waals surface area contributed by atoms with E-state index in [1.807, 2.05) is 41.2 Å². The zero-order valence-corrected chi connectivity index (χ0v) is 18.5. The standard InChI is InChI=1S/C27H27N5O/c33-27(25-9-5-14-28-26(25)31-16-3-4-17-31)29-19-23-7-1-2-8-24(23)22-12-10-21(11-13-22)20-32-18-6-15-30-32/h1-2,5-15,18H,3-4,16-17,19-20H2,(H,29,33). The average Bonchev–Trinajstić information content (AvgIpc) is 3.58. The fourth-order valence-electron chi connectivity index (χ4n) is 4.35. The number of nitrogens with zero attached hydrogens (tertiary/aromatic N) is 4. The summed E-state index contributed by atoms with van der Waals surface area (Å²) < 4.78 is 1.91. The Labute approximate surface area is 193 Å². The van der Waals surface area contributed by atoms with E-state index in [9.17, 15) is 4.79 Å². The molecule has 6 nitrogen and oxygen atoms in total. The average molecular weight is 438 g/mol. The summed E-state index contributed by atoms with van der Waals surface area (Å²) >= 11 is 0. The molecule has 1 N–H and O–H groups in total. The molecular formula is C27H27N5O. The van der Waals surface area contributed by atoms with Gasteiger partial charge in [0.2, 0.25) is 0 Å². The Morgan fingerprint density at radius 3 is 2.52 bits per heavy atom. The molecule has 2 aromatic carbocycles. The number of pyridine rings is 1. The summed E-state index contributed by atoms with van der Waals surface area (Å²) in [6, 6.07) is 22.3. The van der Waals surface area contributed by atoms with Crippen LogP contribution < -0.4 is 10.2 Å². The zero-order chi connectivity index (χ0) is 22.5. The van der Waals surface area contributed by atoms with Gasteiger partial charge < -0.3 is 10.2 Å². The molecule has 1 fully saturated rings. The van der Waals surface area contributed by atoms with Crippen molar-refractivity contribution in [3.8, 4) is 11.1 Å². The highest BCUT2D eigenvalue weighted by Crippen LogP contribution is 2.25. The number of amides is 1. The predicted molar refractivity (Wildman–Crippen MR) is 130 cm³/mol. The van der Waals surface area contributed by atoms with E-state index in [2.05, 4.69) is 56.7 Å². The molecule has 1 aliphatic heterocycles. The molecule has 0 radical (unpaired) electrons. The topological polar surface area (TPSA) is 63.1 Å². The maximum atomic E-state index is 13.1. The highest BCUT2D eigenvalue weighted by atomic mass is 16.1. The van der Waals surface area contributed by atoms with Crippen molar-refractivity contribution < 1.29 is 4.79 Å². The van der Waals surface area contributed by atoms with E-state index in [0.717, 1.165) is 55.0 Å². The van der Waals surface area contributed by atoms with Gasteiger partial charge in [-0.25, -0.2) is 4.98 Å². The first-order valence-electron chi connectivity index (χ1n) is 11.4. The third-order valence-corrected chi connectivity index (χ3v) is 6.06. The highest BCUT2D eigenvalue weighted by molar-refractivity contribution is 5.99. The first kappa shape index (κ1) is 20.9. The Bertz CT molecular complexity index is 1210. The molecule has 0 aliphatic carbocycles. The van der Waals surface area contributed by atoms with Gasteiger partial charge in [0.05, 0.1) is 12.1 Å². The molecule has 1 aliphatic rings. The number of carbonyl (C=O) groups excluding carboxylic acids is 1. The largest absolute Gasteiger partial charge is 0.356 e. The lowest BCUT2D eigenvalue weighted by atomic mass is 9.98. The van der Waals surface area contributed by atoms with Crippen molar-refractivity contribution >= 4 is 11.7 Å². The Morgan fingerprint density at radius 2 is 1.73 bits per heavy atom. The second kappa shape index (κ2) is 9.69. The van der Waals surface area contributed by atoms with Gasteiger partial charge in [-0.1, -0.05) is 48.5 Å². The SMILES string of the molecule is O=C(NCc1ccccc1-c1ccc(Cn2cccn2)cc1)c1cccnc1N1CCCC1. The molecule has 0 saturated carbocycles. The van der Waals surface area contributed by atoms with Crippen LogP contribution in [0.4, 0.5) is 5.82 Å². The van der Waals surface area contributed by atoms with E-state index in [1.54, 1.807) is 12.4 Å². The van der Waals surface area contributed by atoms with Gasteiger partial charge in [-0.15, -0.1) is 0 Å². The van der Waals surface area contributed by atoms with E-state index in [1.165, 1.54) is 5.56 Å². The number of anilines is 1. The van der Waals surface area contributed by atoms with Gasteiger partial charge >= 0.3 is 0 Å². The van der Waals surface area contributed by atoms with Crippen LogP contribution in [0.25, 0.3) is 11.1 Å². The monoisotopic (exact) mass is 437 g/mol. The minimum Gasteiger partial charge on any atom is -0.356 e. The molecule has 6 heteroatoms. The van der Waals surface area contributed by atoms with E-state index in [0.29, 0.717) is 12.1 Å². The maximum absolute atomic E-state index is 13.1. The molecule has 0 unspecified atom stereocenters. The Morgan fingerprint density at radius 1 is 0.909 bits per heavy atom. The molecule has 1 amide bonds. The van der Waals surface area contributed by atoms with Gasteiger partial charge in [0.15, 0.2) is 0 Å². The number of hydrogen-bond acceptors (Lipinski definition) is 4. The van der Waals surface area contributed by atoms with Gasteiger partial charge in [0.25, 0.3) is 5.91 Å². The van der Waals surface area contributed by atoms with Crippen LogP contribution in [-0.4, -0.2) is 33.8 Å². The maximum Gasteiger partial charge on any atom is 0.255 e. The summed E-state index contributed by atoms with van der Waals surface area (Å²) in [4.78, 5) is 19.8. The molecule has 3 heterocycles. The third kappa shape index (κ3) is 4.80. The lowest BCUT2D eigenvalue weighted by molar-refractivity contribution is 0.0951. The quantitative estimate of drug-likeness (QED) is 0.462. The van der Waals surface area contributed by atoms with Gasteiger partial charge in [-0.05, 0) is 53.3 Å². The van der Waals surface area contributed by atoms with Gasteiger partial charge in [0, 0.05) is 38.2 Å². The second-order valence-electron chi connectivity index (χ2n) is 8.31. The number of hydrogen-bond donors (Lipinski definition) is 1. The van der Waals surface area contributed by atoms with Gasteiger partial charge in [-0.2, -0.15) is 5.10 Å². The van der Waals surface area contributed by atoms with Crippen molar-refractivity contribution in [2.75, 3.05) is 18.0 Å². The first-order chi connectivity index (χ1) is 16.3. The number of carbonyl (C=O) groups is 1. The van der Waals surface area contributed by atoms with Crippen molar-refractivity contribution in [1.82, 2.24) is 20.1 Å². The van der Waals surface area contributed by atoms with Crippen LogP contribution in [0, 0.1) is 0 Å². The Kier molecular flexibility index (Phi) is 6.15. The molecule has 0 spiro atoms. The van der Waals surface area contributed by atoms with Crippen LogP contribution in [0.2, 0.25) is 0 Å². The molecule has 0 bridgehead atoms. The van der Waals surface area contributed by atoms with Crippen molar-refractivity contribution in [2.45, 2.75) is 25.9 Å². The Hall–Kier alpha value is -3.93. The lowest BCUT2D eigenvalue weighted by Crippen LogP contribution is -2.28. The van der Waals surface area contributed by atoms with Crippen LogP contribution in [-0.2, 0) is 13.1 Å². The number of rotatable bonds is 7. The predicted octanol–water partition coefficient (Wildman–Crippen LogP) is 4.52. The summed E-state index contributed by atoms with van der Waals surface area (Å²) in [5, 5.41) is 7.39. The fraction of sp³-hybridized carbons (Fsp3) is 0.222. The zero-order valence-electron chi connectivity index (χ0n) is 18.5. The lowest BCUT2D eigenvalue weighted by Gasteiger charge is -2.19. The third-order valence-electron chi connectivity index (χ3n) is 6.06. The molecule has 33 heavy (non-hydrogen) atoms. The summed E-state index contributed by atoms with van der Waals surface area (Å²) in [5.41, 5.74) is 5.16. The van der Waals surface area contributed by atoms with Crippen LogP contribution in [0.3, 0.4) is 0 Å². The first-order valence-corrected chi connectivity index (χ1v) is 11.4. The van der Waals surface area contributed by atoms with E-state index < -0.39 is 0 Å². The molecule has 1 saturated heterocycles. The van der Waals surface area contributed by atoms with Crippen molar-refractivity contribution in [2.24, 2.45) is 0 Å². The summed E-state index contributed by atoms with van der Waals surface area (Å²) in [5.74, 6) is 0.697. The van der Waals surface area contributed by atoms with E-state index in [4.69, 9.17) is 0 Å².